The van der Waals surface area contributed by atoms with Gasteiger partial charge in [-0.15, -0.1) is 0 Å². The molecule has 2 rings (SSSR count). The summed E-state index contributed by atoms with van der Waals surface area (Å²) in [7, 11) is 1.64. The molecule has 4 nitrogen and oxygen atoms in total. The van der Waals surface area contributed by atoms with E-state index in [4.69, 9.17) is 0 Å². The molecule has 2 fully saturated rings. The van der Waals surface area contributed by atoms with Crippen molar-refractivity contribution < 1.29 is 9.59 Å². The third-order valence-electron chi connectivity index (χ3n) is 4.04. The lowest BCUT2D eigenvalue weighted by Crippen LogP contribution is -2.37. The van der Waals surface area contributed by atoms with E-state index < -0.39 is 0 Å². The zero-order valence-electron chi connectivity index (χ0n) is 10.6. The van der Waals surface area contributed by atoms with E-state index in [2.05, 4.69) is 5.32 Å². The lowest BCUT2D eigenvalue weighted by atomic mass is 10.1. The highest BCUT2D eigenvalue weighted by Crippen LogP contribution is 2.27. The van der Waals surface area contributed by atoms with Crippen LogP contribution >= 0.6 is 0 Å². The highest BCUT2D eigenvalue weighted by atomic mass is 16.2. The summed E-state index contributed by atoms with van der Waals surface area (Å²) in [6.07, 6.45) is 7.65. The average Bonchev–Trinajstić information content (AvgIpc) is 2.56. The molecule has 0 aromatic rings. The van der Waals surface area contributed by atoms with Crippen LogP contribution in [0.5, 0.6) is 0 Å². The van der Waals surface area contributed by atoms with Crippen molar-refractivity contribution in [3.63, 3.8) is 0 Å². The van der Waals surface area contributed by atoms with Crippen molar-refractivity contribution in [1.82, 2.24) is 10.2 Å². The number of nitrogens with zero attached hydrogens (tertiary/aromatic N) is 1. The maximum Gasteiger partial charge on any atom is 0.225 e. The molecule has 96 valence electrons. The van der Waals surface area contributed by atoms with Crippen molar-refractivity contribution >= 4 is 11.8 Å². The molecule has 1 atom stereocenters. The van der Waals surface area contributed by atoms with Gasteiger partial charge in [-0.25, -0.2) is 0 Å². The lowest BCUT2D eigenvalue weighted by Gasteiger charge is -2.27. The Kier molecular flexibility index (Phi) is 4.02. The molecule has 4 heteroatoms. The van der Waals surface area contributed by atoms with Crippen LogP contribution in [-0.2, 0) is 9.59 Å². The number of hydrogen-bond donors (Lipinski definition) is 1. The Morgan fingerprint density at radius 1 is 1.24 bits per heavy atom. The molecule has 0 bridgehead atoms. The Morgan fingerprint density at radius 3 is 2.47 bits per heavy atom. The highest BCUT2D eigenvalue weighted by molar-refractivity contribution is 5.89. The van der Waals surface area contributed by atoms with E-state index in [1.54, 1.807) is 7.05 Å². The van der Waals surface area contributed by atoms with Crippen molar-refractivity contribution in [2.24, 2.45) is 5.92 Å². The van der Waals surface area contributed by atoms with Gasteiger partial charge in [0.1, 0.15) is 0 Å². The summed E-state index contributed by atoms with van der Waals surface area (Å²) in [5.41, 5.74) is 0. The van der Waals surface area contributed by atoms with Crippen molar-refractivity contribution in [3.05, 3.63) is 0 Å². The summed E-state index contributed by atoms with van der Waals surface area (Å²) in [6, 6.07) is 0.389. The van der Waals surface area contributed by atoms with Crippen molar-refractivity contribution in [2.75, 3.05) is 13.6 Å². The molecule has 1 N–H and O–H groups in total. The quantitative estimate of drug-likeness (QED) is 0.737. The minimum Gasteiger partial charge on any atom is -0.359 e. The van der Waals surface area contributed by atoms with Crippen LogP contribution in [-0.4, -0.2) is 36.3 Å². The van der Waals surface area contributed by atoms with E-state index >= 15 is 0 Å². The van der Waals surface area contributed by atoms with E-state index in [9.17, 15) is 9.59 Å². The molecule has 1 aliphatic heterocycles. The van der Waals surface area contributed by atoms with Crippen molar-refractivity contribution in [1.29, 1.82) is 0 Å². The molecule has 0 spiro atoms. The minimum atomic E-state index is -0.129. The first kappa shape index (κ1) is 12.4. The molecular formula is C13H22N2O2. The smallest absolute Gasteiger partial charge is 0.225 e. The molecule has 1 saturated carbocycles. The highest BCUT2D eigenvalue weighted by Gasteiger charge is 2.37. The SMILES string of the molecule is CNC(=O)C1CC(=O)N(C2CCCCCC2)C1. The van der Waals surface area contributed by atoms with Crippen LogP contribution < -0.4 is 5.32 Å². The van der Waals surface area contributed by atoms with E-state index in [0.29, 0.717) is 19.0 Å². The molecule has 2 aliphatic rings. The van der Waals surface area contributed by atoms with Gasteiger partial charge in [-0.05, 0) is 12.8 Å². The Labute approximate surface area is 103 Å². The van der Waals surface area contributed by atoms with Crippen molar-refractivity contribution in [2.45, 2.75) is 51.0 Å². The Morgan fingerprint density at radius 2 is 1.88 bits per heavy atom. The van der Waals surface area contributed by atoms with Crippen LogP contribution in [0.1, 0.15) is 44.9 Å². The molecule has 0 aromatic carbocycles. The first-order valence-electron chi connectivity index (χ1n) is 6.73. The molecule has 0 radical (unpaired) electrons. The van der Waals surface area contributed by atoms with E-state index in [-0.39, 0.29) is 17.7 Å². The minimum absolute atomic E-state index is 0.00877. The van der Waals surface area contributed by atoms with Crippen LogP contribution in [0, 0.1) is 5.92 Å². The summed E-state index contributed by atoms with van der Waals surface area (Å²) in [4.78, 5) is 25.5. The molecule has 2 amide bonds. The van der Waals surface area contributed by atoms with Gasteiger partial charge < -0.3 is 10.2 Å². The molecule has 1 aliphatic carbocycles. The van der Waals surface area contributed by atoms with Gasteiger partial charge in [0.05, 0.1) is 5.92 Å². The zero-order valence-corrected chi connectivity index (χ0v) is 10.6. The second kappa shape index (κ2) is 5.52. The van der Waals surface area contributed by atoms with Gasteiger partial charge in [-0.3, -0.25) is 9.59 Å². The monoisotopic (exact) mass is 238 g/mol. The molecular weight excluding hydrogens is 216 g/mol. The number of carbonyl (C=O) groups is 2. The number of hydrogen-bond acceptors (Lipinski definition) is 2. The van der Waals surface area contributed by atoms with Crippen LogP contribution in [0.25, 0.3) is 0 Å². The van der Waals surface area contributed by atoms with Crippen LogP contribution in [0.2, 0.25) is 0 Å². The van der Waals surface area contributed by atoms with Crippen LogP contribution in [0.4, 0.5) is 0 Å². The first-order valence-corrected chi connectivity index (χ1v) is 6.73. The normalized spacial score (nSPS) is 27.0. The largest absolute Gasteiger partial charge is 0.359 e. The molecule has 1 saturated heterocycles. The molecule has 0 aromatic heterocycles. The summed E-state index contributed by atoms with van der Waals surface area (Å²) in [5.74, 6) is 0.0516. The summed E-state index contributed by atoms with van der Waals surface area (Å²) in [5, 5.41) is 2.65. The third-order valence-corrected chi connectivity index (χ3v) is 4.04. The summed E-state index contributed by atoms with van der Waals surface area (Å²) >= 11 is 0. The first-order chi connectivity index (χ1) is 8.22. The summed E-state index contributed by atoms with van der Waals surface area (Å²) < 4.78 is 0. The number of carbonyl (C=O) groups excluding carboxylic acids is 2. The van der Waals surface area contributed by atoms with E-state index in [1.807, 2.05) is 4.90 Å². The van der Waals surface area contributed by atoms with Gasteiger partial charge in [-0.1, -0.05) is 25.7 Å². The molecule has 1 heterocycles. The van der Waals surface area contributed by atoms with Gasteiger partial charge in [0.25, 0.3) is 0 Å². The number of rotatable bonds is 2. The van der Waals surface area contributed by atoms with Gasteiger partial charge in [-0.2, -0.15) is 0 Å². The van der Waals surface area contributed by atoms with Gasteiger partial charge in [0.2, 0.25) is 11.8 Å². The topological polar surface area (TPSA) is 49.4 Å². The standard InChI is InChI=1S/C13H22N2O2/c1-14-13(17)10-8-12(16)15(9-10)11-6-4-2-3-5-7-11/h10-11H,2-9H2,1H3,(H,14,17). The fourth-order valence-electron chi connectivity index (χ4n) is 3.03. The predicted octanol–water partition coefficient (Wildman–Crippen LogP) is 1.30. The Hall–Kier alpha value is -1.06. The maximum absolute atomic E-state index is 12.0. The third kappa shape index (κ3) is 2.79. The number of likely N-dealkylation sites (tertiary alicyclic amines) is 1. The number of amides is 2. The predicted molar refractivity (Wildman–Crippen MR) is 65.4 cm³/mol. The van der Waals surface area contributed by atoms with Crippen LogP contribution in [0.3, 0.4) is 0 Å². The maximum atomic E-state index is 12.0. The molecule has 1 unspecified atom stereocenters. The Balaban J connectivity index is 1.96. The summed E-state index contributed by atoms with van der Waals surface area (Å²) in [6.45, 7) is 0.628. The molecule has 17 heavy (non-hydrogen) atoms. The van der Waals surface area contributed by atoms with Gasteiger partial charge >= 0.3 is 0 Å². The second-order valence-corrected chi connectivity index (χ2v) is 5.21. The average molecular weight is 238 g/mol. The van der Waals surface area contributed by atoms with Crippen LogP contribution in [0.15, 0.2) is 0 Å². The fraction of sp³-hybridized carbons (Fsp3) is 0.846. The van der Waals surface area contributed by atoms with Gasteiger partial charge in [0, 0.05) is 26.1 Å². The van der Waals surface area contributed by atoms with E-state index in [1.165, 1.54) is 25.7 Å². The fourth-order valence-corrected chi connectivity index (χ4v) is 3.03. The zero-order chi connectivity index (χ0) is 12.3. The number of nitrogens with one attached hydrogen (secondary N) is 1. The van der Waals surface area contributed by atoms with Gasteiger partial charge in [0.15, 0.2) is 0 Å². The van der Waals surface area contributed by atoms with Crippen molar-refractivity contribution in [3.8, 4) is 0 Å². The van der Waals surface area contributed by atoms with E-state index in [0.717, 1.165) is 12.8 Å². The Bertz CT molecular complexity index is 296. The lowest BCUT2D eigenvalue weighted by molar-refractivity contribution is -0.130. The second-order valence-electron chi connectivity index (χ2n) is 5.21.